The molecule has 1 fully saturated rings. The number of nitrogens with zero attached hydrogens (tertiary/aromatic N) is 1. The first-order valence-corrected chi connectivity index (χ1v) is 13.5. The van der Waals surface area contributed by atoms with Gasteiger partial charge in [-0.25, -0.2) is 4.39 Å². The van der Waals surface area contributed by atoms with Crippen LogP contribution < -0.4 is 21.3 Å². The van der Waals surface area contributed by atoms with E-state index >= 15 is 0 Å². The van der Waals surface area contributed by atoms with Crippen molar-refractivity contribution in [2.24, 2.45) is 11.8 Å². The van der Waals surface area contributed by atoms with E-state index in [4.69, 9.17) is 4.52 Å². The van der Waals surface area contributed by atoms with Gasteiger partial charge in [0, 0.05) is 24.9 Å². The van der Waals surface area contributed by atoms with Crippen molar-refractivity contribution in [3.63, 3.8) is 0 Å². The Hall–Kier alpha value is -3.80. The van der Waals surface area contributed by atoms with E-state index in [1.165, 1.54) is 30.3 Å². The van der Waals surface area contributed by atoms with Gasteiger partial charge in [-0.1, -0.05) is 31.1 Å². The van der Waals surface area contributed by atoms with Crippen LogP contribution in [0.5, 0.6) is 0 Å². The number of halogens is 1. The number of amides is 4. The summed E-state index contributed by atoms with van der Waals surface area (Å²) in [6, 6.07) is 4.20. The summed E-state index contributed by atoms with van der Waals surface area (Å²) in [5.74, 6) is -2.19. The van der Waals surface area contributed by atoms with E-state index in [0.717, 1.165) is 6.42 Å². The Kier molecular flexibility index (Phi) is 11.2. The summed E-state index contributed by atoms with van der Waals surface area (Å²) in [5.41, 5.74) is 0.581. The highest BCUT2D eigenvalue weighted by molar-refractivity contribution is 5.97. The van der Waals surface area contributed by atoms with Gasteiger partial charge in [-0.2, -0.15) is 0 Å². The van der Waals surface area contributed by atoms with Crippen LogP contribution >= 0.6 is 0 Å². The number of benzene rings is 1. The molecule has 0 bridgehead atoms. The van der Waals surface area contributed by atoms with Gasteiger partial charge in [0.05, 0.1) is 12.6 Å². The Labute approximate surface area is 232 Å². The molecule has 218 valence electrons. The number of aliphatic hydroxyl groups is 1. The van der Waals surface area contributed by atoms with Crippen LogP contribution in [0.15, 0.2) is 34.9 Å². The van der Waals surface area contributed by atoms with Crippen LogP contribution in [-0.4, -0.2) is 65.2 Å². The number of nitrogens with one attached hydrogen (secondary N) is 4. The number of carbonyl (C=O) groups is 4. The average Bonchev–Trinajstić information content (AvgIpc) is 3.36. The van der Waals surface area contributed by atoms with Gasteiger partial charge in [-0.05, 0) is 56.2 Å². The fourth-order valence-electron chi connectivity index (χ4n) is 4.63. The second-order valence-corrected chi connectivity index (χ2v) is 10.6. The zero-order chi connectivity index (χ0) is 29.2. The van der Waals surface area contributed by atoms with E-state index in [-0.39, 0.29) is 42.9 Å². The largest absolute Gasteiger partial charge is 0.394 e. The van der Waals surface area contributed by atoms with Crippen molar-refractivity contribution in [1.82, 2.24) is 26.4 Å². The van der Waals surface area contributed by atoms with Crippen LogP contribution in [0, 0.1) is 24.6 Å². The molecule has 4 atom stereocenters. The van der Waals surface area contributed by atoms with Gasteiger partial charge >= 0.3 is 0 Å². The first-order chi connectivity index (χ1) is 19.0. The Morgan fingerprint density at radius 3 is 2.42 bits per heavy atom. The normalized spacial score (nSPS) is 17.4. The third-order valence-electron chi connectivity index (χ3n) is 6.71. The average molecular weight is 560 g/mol. The molecule has 1 aliphatic heterocycles. The van der Waals surface area contributed by atoms with Gasteiger partial charge in [0.25, 0.3) is 5.91 Å². The van der Waals surface area contributed by atoms with Crippen molar-refractivity contribution < 1.29 is 33.2 Å². The summed E-state index contributed by atoms with van der Waals surface area (Å²) in [5, 5.41) is 24.5. The Morgan fingerprint density at radius 1 is 1.12 bits per heavy atom. The SMILES string of the molecule is Cc1cc(C(=O)N[C@@H](Cc2ccc(F)cc2)C(=O)N[C@@H](CC(C)C)C(=O)N[C@H](CO)C[C@@H]2CCCNC2=O)no1. The molecule has 0 aliphatic carbocycles. The van der Waals surface area contributed by atoms with E-state index in [1.807, 2.05) is 13.8 Å². The highest BCUT2D eigenvalue weighted by Gasteiger charge is 2.31. The maximum absolute atomic E-state index is 13.5. The summed E-state index contributed by atoms with van der Waals surface area (Å²) >= 11 is 0. The molecule has 5 N–H and O–H groups in total. The number of hydrogen-bond donors (Lipinski definition) is 5. The molecule has 40 heavy (non-hydrogen) atoms. The number of rotatable bonds is 13. The van der Waals surface area contributed by atoms with Gasteiger partial charge in [-0.15, -0.1) is 0 Å². The number of hydrogen-bond acceptors (Lipinski definition) is 7. The lowest BCUT2D eigenvalue weighted by Crippen LogP contribution is -2.56. The minimum absolute atomic E-state index is 0.0107. The van der Waals surface area contributed by atoms with Crippen molar-refractivity contribution in [2.75, 3.05) is 13.2 Å². The van der Waals surface area contributed by atoms with Crippen molar-refractivity contribution in [2.45, 2.75) is 71.0 Å². The molecule has 0 radical (unpaired) electrons. The lowest BCUT2D eigenvalue weighted by molar-refractivity contribution is -0.131. The summed E-state index contributed by atoms with van der Waals surface area (Å²) in [4.78, 5) is 51.7. The molecular formula is C28H38FN5O6. The fourth-order valence-corrected chi connectivity index (χ4v) is 4.63. The Balaban J connectivity index is 1.74. The monoisotopic (exact) mass is 559 g/mol. The lowest BCUT2D eigenvalue weighted by Gasteiger charge is -2.28. The molecule has 4 amide bonds. The number of carbonyl (C=O) groups excluding carboxylic acids is 4. The van der Waals surface area contributed by atoms with Crippen LogP contribution in [-0.2, 0) is 20.8 Å². The molecule has 1 aromatic heterocycles. The van der Waals surface area contributed by atoms with Gasteiger partial charge < -0.3 is 30.9 Å². The molecule has 12 heteroatoms. The molecule has 1 aromatic carbocycles. The first-order valence-electron chi connectivity index (χ1n) is 13.5. The minimum Gasteiger partial charge on any atom is -0.394 e. The van der Waals surface area contributed by atoms with Gasteiger partial charge in [0.2, 0.25) is 17.7 Å². The number of aromatic nitrogens is 1. The van der Waals surface area contributed by atoms with Crippen molar-refractivity contribution >= 4 is 23.6 Å². The smallest absolute Gasteiger partial charge is 0.274 e. The van der Waals surface area contributed by atoms with Crippen LogP contribution in [0.1, 0.15) is 61.3 Å². The minimum atomic E-state index is -1.11. The second-order valence-electron chi connectivity index (χ2n) is 10.6. The molecule has 1 saturated heterocycles. The maximum Gasteiger partial charge on any atom is 0.274 e. The zero-order valence-electron chi connectivity index (χ0n) is 23.0. The van der Waals surface area contributed by atoms with E-state index < -0.39 is 41.7 Å². The summed E-state index contributed by atoms with van der Waals surface area (Å²) < 4.78 is 18.4. The first kappa shape index (κ1) is 30.7. The van der Waals surface area contributed by atoms with Gasteiger partial charge in [0.15, 0.2) is 5.69 Å². The van der Waals surface area contributed by atoms with E-state index in [2.05, 4.69) is 26.4 Å². The Morgan fingerprint density at radius 2 is 1.82 bits per heavy atom. The van der Waals surface area contributed by atoms with E-state index in [0.29, 0.717) is 30.7 Å². The maximum atomic E-state index is 13.5. The van der Waals surface area contributed by atoms with Crippen LogP contribution in [0.3, 0.4) is 0 Å². The highest BCUT2D eigenvalue weighted by atomic mass is 19.1. The predicted octanol–water partition coefficient (Wildman–Crippen LogP) is 1.39. The van der Waals surface area contributed by atoms with E-state index in [1.54, 1.807) is 6.92 Å². The van der Waals surface area contributed by atoms with Gasteiger partial charge in [0.1, 0.15) is 23.7 Å². The standard InChI is InChI=1S/C28H38FN5O6/c1-16(2)11-22(26(37)31-21(15-35)14-19-5-4-10-30-25(19)36)32-27(38)23(13-18-6-8-20(29)9-7-18)33-28(39)24-12-17(3)40-34-24/h6-9,12,16,19,21-23,35H,4-5,10-11,13-15H2,1-3H3,(H,30,36)(H,31,37)(H,32,38)(H,33,39)/t19-,21-,22-,23-/m0/s1. The third-order valence-corrected chi connectivity index (χ3v) is 6.71. The van der Waals surface area contributed by atoms with E-state index in [9.17, 15) is 28.7 Å². The zero-order valence-corrected chi connectivity index (χ0v) is 23.0. The molecule has 0 spiro atoms. The molecule has 3 rings (SSSR count). The van der Waals surface area contributed by atoms with Crippen molar-refractivity contribution in [3.05, 3.63) is 53.2 Å². The number of aliphatic hydroxyl groups excluding tert-OH is 1. The predicted molar refractivity (Wildman–Crippen MR) is 143 cm³/mol. The van der Waals surface area contributed by atoms with Crippen LogP contribution in [0.4, 0.5) is 4.39 Å². The van der Waals surface area contributed by atoms with Crippen molar-refractivity contribution in [3.8, 4) is 0 Å². The molecule has 1 aliphatic rings. The van der Waals surface area contributed by atoms with Gasteiger partial charge in [-0.3, -0.25) is 19.2 Å². The molecular weight excluding hydrogens is 521 g/mol. The molecule has 11 nitrogen and oxygen atoms in total. The number of aryl methyl sites for hydroxylation is 1. The molecule has 2 heterocycles. The quantitative estimate of drug-likeness (QED) is 0.248. The summed E-state index contributed by atoms with van der Waals surface area (Å²) in [6.07, 6.45) is 2.08. The Bertz CT molecular complexity index is 1170. The third kappa shape index (κ3) is 9.15. The number of piperidine rings is 1. The summed E-state index contributed by atoms with van der Waals surface area (Å²) in [7, 11) is 0. The summed E-state index contributed by atoms with van der Waals surface area (Å²) in [6.45, 7) is 5.67. The van der Waals surface area contributed by atoms with Crippen LogP contribution in [0.2, 0.25) is 0 Å². The molecule has 0 unspecified atom stereocenters. The van der Waals surface area contributed by atoms with Crippen LogP contribution in [0.25, 0.3) is 0 Å². The molecule has 0 saturated carbocycles. The second kappa shape index (κ2) is 14.5. The topological polar surface area (TPSA) is 163 Å². The fraction of sp³-hybridized carbons (Fsp3) is 0.536. The lowest BCUT2D eigenvalue weighted by atomic mass is 9.91. The highest BCUT2D eigenvalue weighted by Crippen LogP contribution is 2.18. The molecule has 2 aromatic rings. The van der Waals surface area contributed by atoms with Crippen molar-refractivity contribution in [1.29, 1.82) is 0 Å².